The van der Waals surface area contributed by atoms with E-state index in [0.717, 1.165) is 12.1 Å². The molecule has 0 atom stereocenters. The van der Waals surface area contributed by atoms with Crippen molar-refractivity contribution in [1.82, 2.24) is 20.2 Å². The number of aromatic carboxylic acids is 1. The molecular weight excluding hydrogens is 349 g/mol. The lowest BCUT2D eigenvalue weighted by Gasteiger charge is -2.10. The van der Waals surface area contributed by atoms with Crippen molar-refractivity contribution in [3.05, 3.63) is 64.7 Å². The molecule has 1 heterocycles. The number of carboxylic acids is 1. The molecule has 0 radical (unpaired) electrons. The number of hydrogen-bond donors (Lipinski definition) is 1. The number of alkyl halides is 3. The SMILES string of the molecule is Cn1nnc(-c2cc(C(=O)O)ccc2Cc2ccc(C(F)(F)F)cc2)n1. The minimum atomic E-state index is -4.39. The lowest BCUT2D eigenvalue weighted by molar-refractivity contribution is -0.137. The Kier molecular flexibility index (Phi) is 4.45. The number of rotatable bonds is 4. The molecule has 2 aromatic carbocycles. The third-order valence-electron chi connectivity index (χ3n) is 3.78. The van der Waals surface area contributed by atoms with Gasteiger partial charge in [0.15, 0.2) is 0 Å². The van der Waals surface area contributed by atoms with Gasteiger partial charge in [0, 0.05) is 5.56 Å². The fourth-order valence-electron chi connectivity index (χ4n) is 2.50. The second kappa shape index (κ2) is 6.58. The van der Waals surface area contributed by atoms with E-state index in [9.17, 15) is 23.1 Å². The molecule has 134 valence electrons. The van der Waals surface area contributed by atoms with E-state index in [4.69, 9.17) is 0 Å². The van der Waals surface area contributed by atoms with E-state index in [1.807, 2.05) is 0 Å². The maximum atomic E-state index is 12.7. The summed E-state index contributed by atoms with van der Waals surface area (Å²) in [5.74, 6) is -0.853. The van der Waals surface area contributed by atoms with Gasteiger partial charge in [-0.15, -0.1) is 10.2 Å². The highest BCUT2D eigenvalue weighted by Gasteiger charge is 2.29. The van der Waals surface area contributed by atoms with E-state index in [0.29, 0.717) is 23.1 Å². The van der Waals surface area contributed by atoms with Crippen molar-refractivity contribution in [2.45, 2.75) is 12.6 Å². The minimum Gasteiger partial charge on any atom is -0.478 e. The van der Waals surface area contributed by atoms with Gasteiger partial charge in [-0.25, -0.2) is 4.79 Å². The Labute approximate surface area is 145 Å². The first-order valence-electron chi connectivity index (χ1n) is 7.51. The molecule has 0 aliphatic carbocycles. The summed E-state index contributed by atoms with van der Waals surface area (Å²) in [4.78, 5) is 12.5. The van der Waals surface area contributed by atoms with E-state index >= 15 is 0 Å². The van der Waals surface area contributed by atoms with Crippen molar-refractivity contribution in [2.75, 3.05) is 0 Å². The first kappa shape index (κ1) is 17.6. The minimum absolute atomic E-state index is 0.0589. The van der Waals surface area contributed by atoms with Gasteiger partial charge in [0.25, 0.3) is 0 Å². The van der Waals surface area contributed by atoms with E-state index in [1.54, 1.807) is 13.1 Å². The highest BCUT2D eigenvalue weighted by Crippen LogP contribution is 2.30. The van der Waals surface area contributed by atoms with E-state index in [2.05, 4.69) is 15.4 Å². The Bertz CT molecular complexity index is 949. The van der Waals surface area contributed by atoms with Gasteiger partial charge >= 0.3 is 12.1 Å². The van der Waals surface area contributed by atoms with Gasteiger partial charge in [-0.2, -0.15) is 18.0 Å². The monoisotopic (exact) mass is 362 g/mol. The molecule has 0 unspecified atom stereocenters. The number of aromatic nitrogens is 4. The van der Waals surface area contributed by atoms with Crippen LogP contribution >= 0.6 is 0 Å². The summed E-state index contributed by atoms with van der Waals surface area (Å²) in [6, 6.07) is 9.28. The van der Waals surface area contributed by atoms with Crippen LogP contribution in [0.2, 0.25) is 0 Å². The van der Waals surface area contributed by atoms with Crippen LogP contribution in [0.3, 0.4) is 0 Å². The molecule has 0 saturated carbocycles. The van der Waals surface area contributed by atoms with Gasteiger partial charge in [-0.1, -0.05) is 18.2 Å². The molecule has 0 spiro atoms. The van der Waals surface area contributed by atoms with Crippen molar-refractivity contribution in [1.29, 1.82) is 0 Å². The normalized spacial score (nSPS) is 11.5. The van der Waals surface area contributed by atoms with Crippen LogP contribution < -0.4 is 0 Å². The molecule has 0 fully saturated rings. The molecule has 9 heteroatoms. The molecule has 3 rings (SSSR count). The zero-order chi connectivity index (χ0) is 18.9. The third-order valence-corrected chi connectivity index (χ3v) is 3.78. The van der Waals surface area contributed by atoms with Crippen molar-refractivity contribution in [2.24, 2.45) is 7.05 Å². The Morgan fingerprint density at radius 3 is 2.38 bits per heavy atom. The lowest BCUT2D eigenvalue weighted by atomic mass is 9.96. The first-order valence-corrected chi connectivity index (χ1v) is 7.51. The largest absolute Gasteiger partial charge is 0.478 e. The second-order valence-electron chi connectivity index (χ2n) is 5.65. The van der Waals surface area contributed by atoms with Crippen LogP contribution in [0.1, 0.15) is 27.0 Å². The highest BCUT2D eigenvalue weighted by molar-refractivity contribution is 5.89. The van der Waals surface area contributed by atoms with Gasteiger partial charge in [0.05, 0.1) is 18.2 Å². The van der Waals surface area contributed by atoms with Gasteiger partial charge in [-0.05, 0) is 47.0 Å². The smallest absolute Gasteiger partial charge is 0.416 e. The fourth-order valence-corrected chi connectivity index (χ4v) is 2.50. The predicted octanol–water partition coefficient (Wildman–Crippen LogP) is 3.18. The Hall–Kier alpha value is -3.23. The molecule has 1 aromatic heterocycles. The average Bonchev–Trinajstić information content (AvgIpc) is 3.01. The summed E-state index contributed by atoms with van der Waals surface area (Å²) < 4.78 is 38.0. The topological polar surface area (TPSA) is 80.9 Å². The molecule has 0 aliphatic heterocycles. The first-order chi connectivity index (χ1) is 12.2. The molecule has 0 aliphatic rings. The molecule has 1 N–H and O–H groups in total. The number of carbonyl (C=O) groups is 1. The summed E-state index contributed by atoms with van der Waals surface area (Å²) in [6.45, 7) is 0. The number of carboxylic acid groups (broad SMARTS) is 1. The Balaban J connectivity index is 1.98. The molecule has 26 heavy (non-hydrogen) atoms. The maximum Gasteiger partial charge on any atom is 0.416 e. The van der Waals surface area contributed by atoms with Crippen molar-refractivity contribution >= 4 is 5.97 Å². The molecule has 0 bridgehead atoms. The number of benzene rings is 2. The summed E-state index contributed by atoms with van der Waals surface area (Å²) >= 11 is 0. The molecule has 6 nitrogen and oxygen atoms in total. The molecule has 0 saturated heterocycles. The summed E-state index contributed by atoms with van der Waals surface area (Å²) in [5, 5.41) is 20.9. The molecular formula is C17H13F3N4O2. The summed E-state index contributed by atoms with van der Waals surface area (Å²) in [7, 11) is 1.58. The van der Waals surface area contributed by atoms with E-state index in [-0.39, 0.29) is 11.4 Å². The predicted molar refractivity (Wildman–Crippen MR) is 85.4 cm³/mol. The lowest BCUT2D eigenvalue weighted by Crippen LogP contribution is -2.05. The van der Waals surface area contributed by atoms with Gasteiger partial charge in [-0.3, -0.25) is 0 Å². The standard InChI is InChI=1S/C17H13F3N4O2/c1-24-22-15(21-23-24)14-9-12(16(25)26)5-4-11(14)8-10-2-6-13(7-3-10)17(18,19)20/h2-7,9H,8H2,1H3,(H,25,26). The second-order valence-corrected chi connectivity index (χ2v) is 5.65. The Morgan fingerprint density at radius 1 is 1.15 bits per heavy atom. The quantitative estimate of drug-likeness (QED) is 0.771. The van der Waals surface area contributed by atoms with E-state index in [1.165, 1.54) is 29.1 Å². The number of aryl methyl sites for hydroxylation is 1. The van der Waals surface area contributed by atoms with Crippen LogP contribution in [-0.2, 0) is 19.6 Å². The van der Waals surface area contributed by atoms with Crippen LogP contribution in [0.5, 0.6) is 0 Å². The van der Waals surface area contributed by atoms with Gasteiger partial charge in [0.1, 0.15) is 0 Å². The average molecular weight is 362 g/mol. The number of tetrazole rings is 1. The van der Waals surface area contributed by atoms with Crippen molar-refractivity contribution < 1.29 is 23.1 Å². The summed E-state index contributed by atoms with van der Waals surface area (Å²) in [6.07, 6.45) is -4.10. The van der Waals surface area contributed by atoms with Crippen LogP contribution in [-0.4, -0.2) is 31.3 Å². The zero-order valence-corrected chi connectivity index (χ0v) is 13.5. The van der Waals surface area contributed by atoms with Crippen LogP contribution in [0, 0.1) is 0 Å². The third kappa shape index (κ3) is 3.71. The van der Waals surface area contributed by atoms with Gasteiger partial charge in [0.2, 0.25) is 5.82 Å². The van der Waals surface area contributed by atoms with Crippen LogP contribution in [0.4, 0.5) is 13.2 Å². The highest BCUT2D eigenvalue weighted by atomic mass is 19.4. The fraction of sp³-hybridized carbons (Fsp3) is 0.176. The zero-order valence-electron chi connectivity index (χ0n) is 13.5. The van der Waals surface area contributed by atoms with Crippen molar-refractivity contribution in [3.63, 3.8) is 0 Å². The Morgan fingerprint density at radius 2 is 1.85 bits per heavy atom. The van der Waals surface area contributed by atoms with Crippen LogP contribution in [0.25, 0.3) is 11.4 Å². The van der Waals surface area contributed by atoms with Crippen molar-refractivity contribution in [3.8, 4) is 11.4 Å². The number of hydrogen-bond acceptors (Lipinski definition) is 4. The number of halogens is 3. The van der Waals surface area contributed by atoms with Gasteiger partial charge < -0.3 is 5.11 Å². The number of nitrogens with zero attached hydrogens (tertiary/aromatic N) is 4. The molecule has 0 amide bonds. The summed E-state index contributed by atoms with van der Waals surface area (Å²) in [5.41, 5.74) is 1.13. The molecule has 3 aromatic rings. The maximum absolute atomic E-state index is 12.7. The van der Waals surface area contributed by atoms with Crippen LogP contribution in [0.15, 0.2) is 42.5 Å². The van der Waals surface area contributed by atoms with E-state index < -0.39 is 17.7 Å².